The molecule has 0 unspecified atom stereocenters. The Hall–Kier alpha value is -5.40. The van der Waals surface area contributed by atoms with Crippen LogP contribution in [-0.4, -0.2) is 4.57 Å². The molecule has 0 aliphatic carbocycles. The van der Waals surface area contributed by atoms with Crippen LogP contribution in [0.25, 0.3) is 82.3 Å². The summed E-state index contributed by atoms with van der Waals surface area (Å²) in [5.41, 5.74) is 15.6. The van der Waals surface area contributed by atoms with Gasteiger partial charge in [0.1, 0.15) is 0 Å². The summed E-state index contributed by atoms with van der Waals surface area (Å²) < 4.78 is 2.45. The van der Waals surface area contributed by atoms with Crippen LogP contribution in [0.1, 0.15) is 79.0 Å². The number of benzene rings is 7. The summed E-state index contributed by atoms with van der Waals surface area (Å²) in [7, 11) is 0. The van der Waals surface area contributed by atoms with E-state index in [1.807, 2.05) is 0 Å². The second-order valence-corrected chi connectivity index (χ2v) is 16.9. The van der Waals surface area contributed by atoms with Crippen LogP contribution in [0.3, 0.4) is 0 Å². The van der Waals surface area contributed by atoms with Gasteiger partial charge in [-0.2, -0.15) is 0 Å². The molecular formula is C52H51N. The number of hydrogen-bond acceptors (Lipinski definition) is 0. The van der Waals surface area contributed by atoms with Crippen LogP contribution < -0.4 is 0 Å². The van der Waals surface area contributed by atoms with Crippen LogP contribution in [-0.2, 0) is 17.4 Å². The zero-order chi connectivity index (χ0) is 37.2. The van der Waals surface area contributed by atoms with Crippen molar-refractivity contribution in [1.82, 2.24) is 4.57 Å². The first kappa shape index (κ1) is 34.7. The summed E-state index contributed by atoms with van der Waals surface area (Å²) in [4.78, 5) is 0. The molecule has 0 bridgehead atoms. The maximum Gasteiger partial charge on any atom is 0.0491 e. The van der Waals surface area contributed by atoms with Crippen LogP contribution >= 0.6 is 0 Å². The molecular weight excluding hydrogens is 639 g/mol. The molecule has 7 aromatic carbocycles. The summed E-state index contributed by atoms with van der Waals surface area (Å²) in [5.74, 6) is 0. The third-order valence-corrected chi connectivity index (χ3v) is 11.5. The minimum absolute atomic E-state index is 0.0251. The molecule has 0 aliphatic heterocycles. The highest BCUT2D eigenvalue weighted by Crippen LogP contribution is 2.46. The van der Waals surface area contributed by atoms with Crippen molar-refractivity contribution in [3.63, 3.8) is 0 Å². The standard InChI is InChI=1S/C52H51N/c1-10-33(3)37-21-25-41-45(29-37)49(35-15-13-12-14-16-35)42-26-23-39(51(4,5)6)32-46(42)50(41)36-19-17-34(18-20-36)38-22-27-47-43(30-38)44-31-40(52(7,8)9)24-28-48(44)53(47)11-2/h10,12-32H,11H2,1-9H3/b33-10+. The minimum atomic E-state index is 0.0251. The number of nitrogens with zero attached hydrogens (tertiary/aromatic N) is 1. The van der Waals surface area contributed by atoms with Crippen molar-refractivity contribution in [2.45, 2.75) is 79.7 Å². The zero-order valence-electron chi connectivity index (χ0n) is 32.9. The van der Waals surface area contributed by atoms with Crippen molar-refractivity contribution in [2.75, 3.05) is 0 Å². The highest BCUT2D eigenvalue weighted by Gasteiger charge is 2.22. The van der Waals surface area contributed by atoms with Gasteiger partial charge < -0.3 is 4.57 Å². The maximum absolute atomic E-state index is 2.46. The van der Waals surface area contributed by atoms with E-state index in [4.69, 9.17) is 0 Å². The van der Waals surface area contributed by atoms with E-state index in [0.717, 1.165) is 6.54 Å². The van der Waals surface area contributed by atoms with Crippen molar-refractivity contribution in [1.29, 1.82) is 0 Å². The quantitative estimate of drug-likeness (QED) is 0.159. The van der Waals surface area contributed by atoms with Crippen molar-refractivity contribution in [3.8, 4) is 33.4 Å². The zero-order valence-corrected chi connectivity index (χ0v) is 32.9. The van der Waals surface area contributed by atoms with E-state index in [9.17, 15) is 0 Å². The molecule has 0 atom stereocenters. The number of rotatable bonds is 5. The first-order valence-electron chi connectivity index (χ1n) is 19.3. The van der Waals surface area contributed by atoms with E-state index < -0.39 is 0 Å². The third kappa shape index (κ3) is 5.97. The Balaban J connectivity index is 1.35. The SMILES string of the molecule is C/C=C(\C)c1ccc2c(-c3ccc(-c4ccc5c(c4)c4cc(C(C)(C)C)ccc4n5CC)cc3)c3cc(C(C)(C)C)ccc3c(-c3ccccc3)c2c1. The first-order chi connectivity index (χ1) is 25.4. The second kappa shape index (κ2) is 12.9. The van der Waals surface area contributed by atoms with Crippen LogP contribution in [0.4, 0.5) is 0 Å². The van der Waals surface area contributed by atoms with E-state index in [-0.39, 0.29) is 10.8 Å². The molecule has 0 radical (unpaired) electrons. The van der Waals surface area contributed by atoms with Crippen molar-refractivity contribution >= 4 is 48.9 Å². The van der Waals surface area contributed by atoms with Gasteiger partial charge >= 0.3 is 0 Å². The molecule has 1 heterocycles. The average Bonchev–Trinajstić information content (AvgIpc) is 3.48. The van der Waals surface area contributed by atoms with Gasteiger partial charge in [0, 0.05) is 28.4 Å². The Morgan fingerprint density at radius 2 is 0.981 bits per heavy atom. The first-order valence-corrected chi connectivity index (χ1v) is 19.3. The Labute approximate surface area is 315 Å². The van der Waals surface area contributed by atoms with E-state index in [1.54, 1.807) is 0 Å². The van der Waals surface area contributed by atoms with Crippen LogP contribution in [0, 0.1) is 0 Å². The molecule has 0 N–H and O–H groups in total. The predicted molar refractivity (Wildman–Crippen MR) is 233 cm³/mol. The van der Waals surface area contributed by atoms with Crippen LogP contribution in [0.5, 0.6) is 0 Å². The highest BCUT2D eigenvalue weighted by atomic mass is 15.0. The van der Waals surface area contributed by atoms with Crippen molar-refractivity contribution in [2.24, 2.45) is 0 Å². The molecule has 53 heavy (non-hydrogen) atoms. The number of fused-ring (bicyclic) bond motifs is 5. The van der Waals surface area contributed by atoms with E-state index in [1.165, 1.54) is 99.0 Å². The Bertz CT molecular complexity index is 2700. The van der Waals surface area contributed by atoms with Gasteiger partial charge in [0.2, 0.25) is 0 Å². The molecule has 0 amide bonds. The molecule has 1 nitrogen and oxygen atoms in total. The summed E-state index contributed by atoms with van der Waals surface area (Å²) >= 11 is 0. The van der Waals surface area contributed by atoms with Crippen molar-refractivity contribution < 1.29 is 0 Å². The van der Waals surface area contributed by atoms with E-state index in [2.05, 4.69) is 200 Å². The van der Waals surface area contributed by atoms with Gasteiger partial charge in [-0.3, -0.25) is 0 Å². The molecule has 0 saturated heterocycles. The van der Waals surface area contributed by atoms with Gasteiger partial charge in [0.05, 0.1) is 0 Å². The molecule has 8 aromatic rings. The lowest BCUT2D eigenvalue weighted by molar-refractivity contribution is 0.591. The van der Waals surface area contributed by atoms with E-state index in [0.29, 0.717) is 0 Å². The maximum atomic E-state index is 2.46. The van der Waals surface area contributed by atoms with Crippen LogP contribution in [0.2, 0.25) is 0 Å². The largest absolute Gasteiger partial charge is 0.341 e. The Kier molecular flexibility index (Phi) is 8.45. The van der Waals surface area contributed by atoms with Crippen molar-refractivity contribution in [3.05, 3.63) is 150 Å². The van der Waals surface area contributed by atoms with Gasteiger partial charge in [0.25, 0.3) is 0 Å². The van der Waals surface area contributed by atoms with Gasteiger partial charge in [0.15, 0.2) is 0 Å². The molecule has 1 aromatic heterocycles. The average molecular weight is 690 g/mol. The van der Waals surface area contributed by atoms with Gasteiger partial charge in [-0.25, -0.2) is 0 Å². The van der Waals surface area contributed by atoms with Crippen LogP contribution in [0.15, 0.2) is 133 Å². The molecule has 0 aliphatic rings. The van der Waals surface area contributed by atoms with Gasteiger partial charge in [-0.1, -0.05) is 139 Å². The van der Waals surface area contributed by atoms with E-state index >= 15 is 0 Å². The fourth-order valence-corrected chi connectivity index (χ4v) is 8.25. The molecule has 264 valence electrons. The predicted octanol–water partition coefficient (Wildman–Crippen LogP) is 15.1. The fraction of sp³-hybridized carbons (Fsp3) is 0.231. The number of hydrogen-bond donors (Lipinski definition) is 0. The summed E-state index contributed by atoms with van der Waals surface area (Å²) in [6.07, 6.45) is 2.21. The Morgan fingerprint density at radius 3 is 1.58 bits per heavy atom. The van der Waals surface area contributed by atoms with Gasteiger partial charge in [-0.05, 0) is 145 Å². The molecule has 0 spiro atoms. The number of aryl methyl sites for hydroxylation is 1. The molecule has 1 heteroatoms. The smallest absolute Gasteiger partial charge is 0.0491 e. The number of allylic oxidation sites excluding steroid dienone is 2. The topological polar surface area (TPSA) is 4.93 Å². The summed E-state index contributed by atoms with van der Waals surface area (Å²) in [5, 5.41) is 7.83. The molecule has 0 saturated carbocycles. The lowest BCUT2D eigenvalue weighted by Gasteiger charge is -2.23. The monoisotopic (exact) mass is 689 g/mol. The normalized spacial score (nSPS) is 12.8. The third-order valence-electron chi connectivity index (χ3n) is 11.5. The minimum Gasteiger partial charge on any atom is -0.341 e. The molecule has 0 fully saturated rings. The Morgan fingerprint density at radius 1 is 0.491 bits per heavy atom. The lowest BCUT2D eigenvalue weighted by atomic mass is 9.81. The highest BCUT2D eigenvalue weighted by molar-refractivity contribution is 6.22. The van der Waals surface area contributed by atoms with Gasteiger partial charge in [-0.15, -0.1) is 0 Å². The summed E-state index contributed by atoms with van der Waals surface area (Å²) in [6.45, 7) is 21.4. The second-order valence-electron chi connectivity index (χ2n) is 16.9. The molecule has 8 rings (SSSR count). The lowest BCUT2D eigenvalue weighted by Crippen LogP contribution is -2.10. The number of aromatic nitrogens is 1. The fourth-order valence-electron chi connectivity index (χ4n) is 8.25. The summed E-state index contributed by atoms with van der Waals surface area (Å²) in [6, 6.07) is 48.6.